The van der Waals surface area contributed by atoms with Crippen molar-refractivity contribution in [1.82, 2.24) is 4.98 Å². The number of benzene rings is 1. The van der Waals surface area contributed by atoms with Crippen molar-refractivity contribution >= 4 is 17.3 Å². The molecule has 8 heteroatoms. The Balaban J connectivity index is 2.30. The molecular formula is C12H8FN3O4. The molecule has 0 unspecified atom stereocenters. The first-order chi connectivity index (χ1) is 9.49. The van der Waals surface area contributed by atoms with Crippen LogP contribution >= 0.6 is 0 Å². The fraction of sp³-hybridized carbons (Fsp3) is 0. The van der Waals surface area contributed by atoms with Crippen LogP contribution < -0.4 is 5.32 Å². The lowest BCUT2D eigenvalue weighted by atomic mass is 10.2. The van der Waals surface area contributed by atoms with Gasteiger partial charge in [0.05, 0.1) is 16.2 Å². The van der Waals surface area contributed by atoms with Gasteiger partial charge in [-0.15, -0.1) is 0 Å². The van der Waals surface area contributed by atoms with E-state index in [1.807, 2.05) is 0 Å². The summed E-state index contributed by atoms with van der Waals surface area (Å²) in [5.41, 5.74) is -0.837. The molecule has 0 radical (unpaired) electrons. The Morgan fingerprint density at radius 2 is 2.15 bits per heavy atom. The van der Waals surface area contributed by atoms with E-state index in [1.165, 1.54) is 18.3 Å². The zero-order chi connectivity index (χ0) is 14.7. The number of phenolic OH excluding ortho intramolecular Hbond substituents is 1. The highest BCUT2D eigenvalue weighted by molar-refractivity contribution is 6.05. The minimum absolute atomic E-state index is 0.188. The Morgan fingerprint density at radius 1 is 1.40 bits per heavy atom. The van der Waals surface area contributed by atoms with Gasteiger partial charge in [-0.25, -0.2) is 4.98 Å². The molecule has 0 aliphatic carbocycles. The maximum Gasteiger partial charge on any atom is 0.271 e. The molecular weight excluding hydrogens is 269 g/mol. The molecule has 2 rings (SSSR count). The highest BCUT2D eigenvalue weighted by atomic mass is 19.1. The quantitative estimate of drug-likeness (QED) is 0.387. The maximum absolute atomic E-state index is 13.3. The van der Waals surface area contributed by atoms with Gasteiger partial charge in [0.25, 0.3) is 11.6 Å². The summed E-state index contributed by atoms with van der Waals surface area (Å²) < 4.78 is 13.3. The Kier molecular flexibility index (Phi) is 3.56. The Hall–Kier alpha value is -3.03. The number of halogens is 1. The number of rotatable bonds is 3. The van der Waals surface area contributed by atoms with Crippen LogP contribution in [0.25, 0.3) is 0 Å². The van der Waals surface area contributed by atoms with Crippen LogP contribution in [0.5, 0.6) is 5.75 Å². The molecule has 0 aliphatic rings. The van der Waals surface area contributed by atoms with E-state index in [4.69, 9.17) is 0 Å². The summed E-state index contributed by atoms with van der Waals surface area (Å²) in [4.78, 5) is 25.0. The molecule has 0 bridgehead atoms. The van der Waals surface area contributed by atoms with Crippen molar-refractivity contribution in [3.8, 4) is 5.75 Å². The average molecular weight is 277 g/mol. The summed E-state index contributed by atoms with van der Waals surface area (Å²) in [6, 6.07) is 5.68. The molecule has 0 aliphatic heterocycles. The SMILES string of the molecule is O=C(Nc1cc([N+](=O)[O-])ccc1O)c1cccnc1F. The van der Waals surface area contributed by atoms with E-state index in [0.717, 1.165) is 18.2 Å². The zero-order valence-corrected chi connectivity index (χ0v) is 9.91. The lowest BCUT2D eigenvalue weighted by Gasteiger charge is -2.07. The number of carbonyl (C=O) groups is 1. The molecule has 1 heterocycles. The van der Waals surface area contributed by atoms with Crippen molar-refractivity contribution in [2.75, 3.05) is 5.32 Å². The summed E-state index contributed by atoms with van der Waals surface area (Å²) in [7, 11) is 0. The molecule has 0 saturated heterocycles. The van der Waals surface area contributed by atoms with Gasteiger partial charge in [-0.2, -0.15) is 4.39 Å². The van der Waals surface area contributed by atoms with Gasteiger partial charge in [-0.1, -0.05) is 0 Å². The number of nitro groups is 1. The highest BCUT2D eigenvalue weighted by Crippen LogP contribution is 2.28. The Bertz CT molecular complexity index is 690. The lowest BCUT2D eigenvalue weighted by molar-refractivity contribution is -0.384. The third-order valence-corrected chi connectivity index (χ3v) is 2.44. The third kappa shape index (κ3) is 2.69. The first kappa shape index (κ1) is 13.4. The van der Waals surface area contributed by atoms with E-state index in [-0.39, 0.29) is 22.7 Å². The Labute approximate surface area is 111 Å². The molecule has 2 aromatic rings. The lowest BCUT2D eigenvalue weighted by Crippen LogP contribution is -2.14. The number of carbonyl (C=O) groups excluding carboxylic acids is 1. The summed E-state index contributed by atoms with van der Waals surface area (Å²) in [6.07, 6.45) is 1.18. The predicted octanol–water partition coefficient (Wildman–Crippen LogP) is 2.09. The number of aromatic hydroxyl groups is 1. The minimum Gasteiger partial charge on any atom is -0.506 e. The van der Waals surface area contributed by atoms with E-state index in [2.05, 4.69) is 10.3 Å². The second kappa shape index (κ2) is 5.31. The fourth-order valence-electron chi connectivity index (χ4n) is 1.48. The van der Waals surface area contributed by atoms with Crippen LogP contribution in [0.2, 0.25) is 0 Å². The molecule has 0 fully saturated rings. The molecule has 1 amide bonds. The second-order valence-electron chi connectivity index (χ2n) is 3.75. The summed E-state index contributed by atoms with van der Waals surface area (Å²) in [5, 5.41) is 22.3. The standard InChI is InChI=1S/C12H8FN3O4/c13-11-8(2-1-5-14-11)12(18)15-9-6-7(16(19)20)3-4-10(9)17/h1-6,17H,(H,15,18). The van der Waals surface area contributed by atoms with E-state index < -0.39 is 16.8 Å². The molecule has 0 spiro atoms. The molecule has 0 saturated carbocycles. The van der Waals surface area contributed by atoms with Gasteiger partial charge in [-0.3, -0.25) is 14.9 Å². The summed E-state index contributed by atoms with van der Waals surface area (Å²) >= 11 is 0. The molecule has 102 valence electrons. The number of phenols is 1. The average Bonchev–Trinajstić information content (AvgIpc) is 2.41. The Morgan fingerprint density at radius 3 is 2.80 bits per heavy atom. The van der Waals surface area contributed by atoms with Gasteiger partial charge < -0.3 is 10.4 Å². The van der Waals surface area contributed by atoms with Crippen LogP contribution in [0.3, 0.4) is 0 Å². The minimum atomic E-state index is -0.977. The number of amides is 1. The van der Waals surface area contributed by atoms with Gasteiger partial charge in [0.1, 0.15) is 5.75 Å². The van der Waals surface area contributed by atoms with Crippen LogP contribution in [0, 0.1) is 16.1 Å². The number of non-ortho nitro benzene ring substituents is 1. The van der Waals surface area contributed by atoms with Crippen LogP contribution in [0.1, 0.15) is 10.4 Å². The van der Waals surface area contributed by atoms with Gasteiger partial charge in [-0.05, 0) is 18.2 Å². The van der Waals surface area contributed by atoms with Crippen molar-refractivity contribution in [1.29, 1.82) is 0 Å². The van der Waals surface area contributed by atoms with Crippen molar-refractivity contribution < 1.29 is 19.2 Å². The second-order valence-corrected chi connectivity index (χ2v) is 3.75. The van der Waals surface area contributed by atoms with Gasteiger partial charge in [0.2, 0.25) is 5.95 Å². The van der Waals surface area contributed by atoms with Crippen molar-refractivity contribution in [3.05, 3.63) is 58.2 Å². The number of hydrogen-bond acceptors (Lipinski definition) is 5. The molecule has 1 aromatic carbocycles. The monoisotopic (exact) mass is 277 g/mol. The molecule has 20 heavy (non-hydrogen) atoms. The van der Waals surface area contributed by atoms with Crippen LogP contribution in [-0.4, -0.2) is 20.9 Å². The normalized spacial score (nSPS) is 10.1. The van der Waals surface area contributed by atoms with Crippen molar-refractivity contribution in [2.24, 2.45) is 0 Å². The largest absolute Gasteiger partial charge is 0.506 e. The summed E-state index contributed by atoms with van der Waals surface area (Å²) in [6.45, 7) is 0. The van der Waals surface area contributed by atoms with E-state index in [0.29, 0.717) is 0 Å². The number of anilines is 1. The number of nitrogens with zero attached hydrogens (tertiary/aromatic N) is 2. The predicted molar refractivity (Wildman–Crippen MR) is 66.9 cm³/mol. The maximum atomic E-state index is 13.3. The molecule has 2 N–H and O–H groups in total. The van der Waals surface area contributed by atoms with E-state index in [9.17, 15) is 24.4 Å². The molecule has 7 nitrogen and oxygen atoms in total. The number of nitro benzene ring substituents is 1. The van der Waals surface area contributed by atoms with Gasteiger partial charge in [0, 0.05) is 18.3 Å². The zero-order valence-electron chi connectivity index (χ0n) is 9.91. The first-order valence-electron chi connectivity index (χ1n) is 5.38. The van der Waals surface area contributed by atoms with Crippen LogP contribution in [0.15, 0.2) is 36.5 Å². The van der Waals surface area contributed by atoms with Gasteiger partial charge in [0.15, 0.2) is 0 Å². The van der Waals surface area contributed by atoms with E-state index >= 15 is 0 Å². The smallest absolute Gasteiger partial charge is 0.271 e. The van der Waals surface area contributed by atoms with Crippen molar-refractivity contribution in [3.63, 3.8) is 0 Å². The highest BCUT2D eigenvalue weighted by Gasteiger charge is 2.16. The number of pyridine rings is 1. The number of nitrogens with one attached hydrogen (secondary N) is 1. The van der Waals surface area contributed by atoms with Gasteiger partial charge >= 0.3 is 0 Å². The number of aromatic nitrogens is 1. The van der Waals surface area contributed by atoms with Crippen molar-refractivity contribution in [2.45, 2.75) is 0 Å². The molecule has 1 aromatic heterocycles. The third-order valence-electron chi connectivity index (χ3n) is 2.44. The van der Waals surface area contributed by atoms with Crippen LogP contribution in [0.4, 0.5) is 15.8 Å². The summed E-state index contributed by atoms with van der Waals surface area (Å²) in [5.74, 6) is -2.21. The molecule has 0 atom stereocenters. The van der Waals surface area contributed by atoms with Crippen LogP contribution in [-0.2, 0) is 0 Å². The topological polar surface area (TPSA) is 105 Å². The van der Waals surface area contributed by atoms with E-state index in [1.54, 1.807) is 0 Å². The number of hydrogen-bond donors (Lipinski definition) is 2. The first-order valence-corrected chi connectivity index (χ1v) is 5.38. The fourth-order valence-corrected chi connectivity index (χ4v) is 1.48.